The average Bonchev–Trinajstić information content (AvgIpc) is 3.27. The fraction of sp³-hybridized carbons (Fsp3) is 0.353. The third-order valence-corrected chi connectivity index (χ3v) is 4.56. The predicted molar refractivity (Wildman–Crippen MR) is 94.8 cm³/mol. The zero-order chi connectivity index (χ0) is 19.0. The molecule has 0 radical (unpaired) electrons. The first kappa shape index (κ1) is 17.2. The number of carbonyl (C=O) groups is 1. The number of fused-ring (bicyclic) bond motifs is 1. The molecule has 4 rings (SSSR count). The maximum Gasteiger partial charge on any atom is 0.268 e. The monoisotopic (exact) mass is 369 g/mol. The van der Waals surface area contributed by atoms with Crippen LogP contribution in [0.4, 0.5) is 0 Å². The highest BCUT2D eigenvalue weighted by Crippen LogP contribution is 2.24. The first-order valence-electron chi connectivity index (χ1n) is 8.50. The summed E-state index contributed by atoms with van der Waals surface area (Å²) >= 11 is 0. The lowest BCUT2D eigenvalue weighted by Gasteiger charge is -2.24. The van der Waals surface area contributed by atoms with E-state index in [1.165, 1.54) is 10.6 Å². The van der Waals surface area contributed by atoms with E-state index in [1.54, 1.807) is 34.7 Å². The molecule has 1 N–H and O–H groups in total. The molecule has 10 nitrogen and oxygen atoms in total. The summed E-state index contributed by atoms with van der Waals surface area (Å²) in [6.45, 7) is 1.14. The van der Waals surface area contributed by atoms with E-state index >= 15 is 0 Å². The maximum atomic E-state index is 12.3. The zero-order valence-electron chi connectivity index (χ0n) is 15.0. The molecule has 140 valence electrons. The van der Waals surface area contributed by atoms with Crippen LogP contribution in [-0.4, -0.2) is 47.9 Å². The van der Waals surface area contributed by atoms with Crippen LogP contribution < -0.4 is 10.9 Å². The molecule has 10 heteroatoms. The zero-order valence-corrected chi connectivity index (χ0v) is 15.0. The number of nitrogens with one attached hydrogen (secondary N) is 1. The predicted octanol–water partition coefficient (Wildman–Crippen LogP) is -0.294. The highest BCUT2D eigenvalue weighted by Gasteiger charge is 2.25. The number of aryl methyl sites for hydroxylation is 1. The molecular weight excluding hydrogens is 350 g/mol. The highest BCUT2D eigenvalue weighted by atomic mass is 16.5. The summed E-state index contributed by atoms with van der Waals surface area (Å²) in [5.74, 6) is -0.320. The van der Waals surface area contributed by atoms with Crippen molar-refractivity contribution in [3.05, 3.63) is 52.3 Å². The Morgan fingerprint density at radius 2 is 2.22 bits per heavy atom. The standard InChI is InChI=1S/C17H19N7O3/c1-22-8-11(6-19-22)16-14-10-27-12(9-24(14)21-20-16)7-18-17(26)13-4-3-5-15(25)23(13)2/h3-6,8,12H,7,9-10H2,1-2H3,(H,18,26). The van der Waals surface area contributed by atoms with Gasteiger partial charge in [-0.2, -0.15) is 5.10 Å². The van der Waals surface area contributed by atoms with Crippen LogP contribution in [0, 0.1) is 0 Å². The number of amides is 1. The van der Waals surface area contributed by atoms with Crippen molar-refractivity contribution in [3.63, 3.8) is 0 Å². The van der Waals surface area contributed by atoms with Gasteiger partial charge in [0.05, 0.1) is 31.1 Å². The van der Waals surface area contributed by atoms with E-state index in [0.717, 1.165) is 17.0 Å². The van der Waals surface area contributed by atoms with Gasteiger partial charge in [-0.25, -0.2) is 4.68 Å². The van der Waals surface area contributed by atoms with Crippen molar-refractivity contribution in [1.29, 1.82) is 0 Å². The first-order valence-corrected chi connectivity index (χ1v) is 8.50. The Bertz CT molecular complexity index is 1050. The molecule has 27 heavy (non-hydrogen) atoms. The van der Waals surface area contributed by atoms with Crippen molar-refractivity contribution >= 4 is 5.91 Å². The van der Waals surface area contributed by atoms with Crippen molar-refractivity contribution in [2.45, 2.75) is 19.3 Å². The third-order valence-electron chi connectivity index (χ3n) is 4.56. The molecule has 0 saturated heterocycles. The number of ether oxygens (including phenoxy) is 1. The Kier molecular flexibility index (Phi) is 4.32. The SMILES string of the molecule is Cn1cc(-c2nnn3c2COC(CNC(=O)c2cccc(=O)n2C)C3)cn1. The van der Waals surface area contributed by atoms with Crippen molar-refractivity contribution < 1.29 is 9.53 Å². The van der Waals surface area contributed by atoms with Gasteiger partial charge in [0.25, 0.3) is 11.5 Å². The molecular formula is C17H19N7O3. The minimum Gasteiger partial charge on any atom is -0.368 e. The maximum absolute atomic E-state index is 12.3. The van der Waals surface area contributed by atoms with Crippen LogP contribution in [0.3, 0.4) is 0 Å². The highest BCUT2D eigenvalue weighted by molar-refractivity contribution is 5.92. The normalized spacial score (nSPS) is 16.1. The van der Waals surface area contributed by atoms with Crippen LogP contribution in [0.1, 0.15) is 16.2 Å². The summed E-state index contributed by atoms with van der Waals surface area (Å²) in [6, 6.07) is 4.58. The number of nitrogens with zero attached hydrogens (tertiary/aromatic N) is 6. The lowest BCUT2D eigenvalue weighted by Crippen LogP contribution is -2.40. The molecule has 3 aromatic rings. The van der Waals surface area contributed by atoms with Crippen molar-refractivity contribution in [3.8, 4) is 11.3 Å². The summed E-state index contributed by atoms with van der Waals surface area (Å²) in [4.78, 5) is 24.0. The number of pyridine rings is 1. The summed E-state index contributed by atoms with van der Waals surface area (Å²) in [5, 5.41) is 15.4. The van der Waals surface area contributed by atoms with E-state index < -0.39 is 0 Å². The second-order valence-electron chi connectivity index (χ2n) is 6.42. The van der Waals surface area contributed by atoms with Gasteiger partial charge in [0.2, 0.25) is 0 Å². The van der Waals surface area contributed by atoms with Crippen molar-refractivity contribution in [2.24, 2.45) is 14.1 Å². The van der Waals surface area contributed by atoms with E-state index in [2.05, 4.69) is 20.7 Å². The van der Waals surface area contributed by atoms with Gasteiger partial charge in [-0.1, -0.05) is 11.3 Å². The minimum absolute atomic E-state index is 0.230. The quantitative estimate of drug-likeness (QED) is 0.677. The van der Waals surface area contributed by atoms with Gasteiger partial charge in [-0.15, -0.1) is 5.10 Å². The molecule has 0 aromatic carbocycles. The Labute approximate surface area is 154 Å². The van der Waals surface area contributed by atoms with E-state index in [4.69, 9.17) is 4.74 Å². The Morgan fingerprint density at radius 1 is 1.37 bits per heavy atom. The van der Waals surface area contributed by atoms with Crippen LogP contribution in [0.5, 0.6) is 0 Å². The Balaban J connectivity index is 1.42. The molecule has 1 amide bonds. The number of hydrogen-bond acceptors (Lipinski definition) is 6. The van der Waals surface area contributed by atoms with Crippen LogP contribution >= 0.6 is 0 Å². The molecule has 0 aliphatic carbocycles. The van der Waals surface area contributed by atoms with Gasteiger partial charge in [0.1, 0.15) is 11.4 Å². The fourth-order valence-corrected chi connectivity index (χ4v) is 3.04. The molecule has 0 saturated carbocycles. The minimum atomic E-state index is -0.320. The molecule has 0 spiro atoms. The Hall–Kier alpha value is -3.27. The summed E-state index contributed by atoms with van der Waals surface area (Å²) in [6.07, 6.45) is 3.38. The smallest absolute Gasteiger partial charge is 0.268 e. The van der Waals surface area contributed by atoms with Crippen LogP contribution in [0.15, 0.2) is 35.4 Å². The molecule has 4 heterocycles. The lowest BCUT2D eigenvalue weighted by atomic mass is 10.2. The second-order valence-corrected chi connectivity index (χ2v) is 6.42. The van der Waals surface area contributed by atoms with Gasteiger partial charge in [0, 0.05) is 38.5 Å². The van der Waals surface area contributed by atoms with E-state index in [-0.39, 0.29) is 17.6 Å². The van der Waals surface area contributed by atoms with Crippen LogP contribution in [-0.2, 0) is 32.0 Å². The number of aromatic nitrogens is 6. The average molecular weight is 369 g/mol. The molecule has 0 fully saturated rings. The molecule has 1 aliphatic rings. The van der Waals surface area contributed by atoms with Gasteiger partial charge >= 0.3 is 0 Å². The summed E-state index contributed by atoms with van der Waals surface area (Å²) in [5.41, 5.74) is 2.60. The van der Waals surface area contributed by atoms with Gasteiger partial charge in [0.15, 0.2) is 0 Å². The van der Waals surface area contributed by atoms with E-state index in [0.29, 0.717) is 25.4 Å². The van der Waals surface area contributed by atoms with E-state index in [1.807, 2.05) is 13.2 Å². The van der Waals surface area contributed by atoms with Crippen molar-refractivity contribution in [2.75, 3.05) is 6.54 Å². The number of rotatable bonds is 4. The Morgan fingerprint density at radius 3 is 3.00 bits per heavy atom. The third kappa shape index (κ3) is 3.26. The van der Waals surface area contributed by atoms with Gasteiger partial charge < -0.3 is 14.6 Å². The molecule has 0 bridgehead atoms. The molecule has 1 atom stereocenters. The summed E-state index contributed by atoms with van der Waals surface area (Å²) in [7, 11) is 3.41. The molecule has 3 aromatic heterocycles. The van der Waals surface area contributed by atoms with Crippen molar-refractivity contribution in [1.82, 2.24) is 34.7 Å². The summed E-state index contributed by atoms with van der Waals surface area (Å²) < 4.78 is 10.7. The largest absolute Gasteiger partial charge is 0.368 e. The topological polar surface area (TPSA) is 109 Å². The second kappa shape index (κ2) is 6.80. The van der Waals surface area contributed by atoms with Crippen LogP contribution in [0.25, 0.3) is 11.3 Å². The molecule has 1 aliphatic heterocycles. The fourth-order valence-electron chi connectivity index (χ4n) is 3.04. The first-order chi connectivity index (χ1) is 13.0. The van der Waals surface area contributed by atoms with Crippen LogP contribution in [0.2, 0.25) is 0 Å². The number of carbonyl (C=O) groups excluding carboxylic acids is 1. The van der Waals surface area contributed by atoms with Gasteiger partial charge in [-0.3, -0.25) is 14.3 Å². The lowest BCUT2D eigenvalue weighted by molar-refractivity contribution is 0.00171. The number of hydrogen-bond donors (Lipinski definition) is 1. The molecule has 1 unspecified atom stereocenters. The van der Waals surface area contributed by atoms with E-state index in [9.17, 15) is 9.59 Å². The van der Waals surface area contributed by atoms with Gasteiger partial charge in [-0.05, 0) is 6.07 Å².